The number of hydrogen-bond acceptors (Lipinski definition) is 4. The largest absolute Gasteiger partial charge is 0.338 e. The number of hydrogen-bond donors (Lipinski definition) is 1. The van der Waals surface area contributed by atoms with Crippen LogP contribution in [-0.2, 0) is 13.0 Å². The summed E-state index contributed by atoms with van der Waals surface area (Å²) >= 11 is 5.71. The Bertz CT molecular complexity index is 571. The van der Waals surface area contributed by atoms with Gasteiger partial charge in [-0.2, -0.15) is 4.98 Å². The number of aromatic nitrogens is 2. The van der Waals surface area contributed by atoms with Crippen molar-refractivity contribution in [2.75, 3.05) is 6.54 Å². The molecule has 0 spiro atoms. The summed E-state index contributed by atoms with van der Waals surface area (Å²) in [6.07, 6.45) is 1.98. The molecule has 0 saturated carbocycles. The van der Waals surface area contributed by atoms with E-state index in [1.807, 2.05) is 0 Å². The molecule has 0 aliphatic carbocycles. The van der Waals surface area contributed by atoms with Gasteiger partial charge in [0, 0.05) is 13.0 Å². The Balaban J connectivity index is 2.03. The summed E-state index contributed by atoms with van der Waals surface area (Å²) in [6, 6.07) is 4.84. The quantitative estimate of drug-likeness (QED) is 0.653. The summed E-state index contributed by atoms with van der Waals surface area (Å²) in [5.74, 6) is 0.441. The second-order valence-corrected chi connectivity index (χ2v) is 4.32. The molecule has 1 N–H and O–H groups in total. The predicted octanol–water partition coefficient (Wildman–Crippen LogP) is 2.73. The highest BCUT2D eigenvalue weighted by molar-refractivity contribution is 6.30. The summed E-state index contributed by atoms with van der Waals surface area (Å²) < 4.78 is 18.7. The van der Waals surface area contributed by atoms with E-state index < -0.39 is 5.82 Å². The molecular weight excluding hydrogens is 269 g/mol. The lowest BCUT2D eigenvalue weighted by Gasteiger charge is -2.00. The number of nitrogens with one attached hydrogen (secondary N) is 1. The van der Waals surface area contributed by atoms with Crippen molar-refractivity contribution >= 4 is 11.6 Å². The minimum absolute atomic E-state index is 0.0915. The maximum Gasteiger partial charge on any atom is 0.240 e. The van der Waals surface area contributed by atoms with E-state index in [0.29, 0.717) is 30.4 Å². The van der Waals surface area contributed by atoms with Gasteiger partial charge in [-0.1, -0.05) is 35.0 Å². The smallest absolute Gasteiger partial charge is 0.240 e. The standard InChI is InChI=1S/C13H13ClFN3O/c1-2-6-16-8-12-17-11(18-19-12)7-9-4-3-5-10(14)13(9)15/h2-5,16H,1,6-8H2. The first-order valence-electron chi connectivity index (χ1n) is 5.76. The molecule has 0 saturated heterocycles. The molecule has 0 radical (unpaired) electrons. The van der Waals surface area contributed by atoms with Crippen LogP contribution in [0.1, 0.15) is 17.3 Å². The van der Waals surface area contributed by atoms with Crippen LogP contribution in [-0.4, -0.2) is 16.7 Å². The normalized spacial score (nSPS) is 10.6. The second-order valence-electron chi connectivity index (χ2n) is 3.91. The zero-order valence-corrected chi connectivity index (χ0v) is 11.0. The Morgan fingerprint density at radius 3 is 3.11 bits per heavy atom. The van der Waals surface area contributed by atoms with Crippen LogP contribution in [0.4, 0.5) is 4.39 Å². The molecule has 0 aliphatic heterocycles. The summed E-state index contributed by atoms with van der Waals surface area (Å²) in [5, 5.41) is 6.93. The van der Waals surface area contributed by atoms with E-state index in [0.717, 1.165) is 0 Å². The van der Waals surface area contributed by atoms with Gasteiger partial charge in [0.1, 0.15) is 5.82 Å². The van der Waals surface area contributed by atoms with E-state index in [-0.39, 0.29) is 11.4 Å². The lowest BCUT2D eigenvalue weighted by molar-refractivity contribution is 0.365. The zero-order valence-electron chi connectivity index (χ0n) is 10.2. The molecule has 0 unspecified atom stereocenters. The molecule has 19 heavy (non-hydrogen) atoms. The van der Waals surface area contributed by atoms with Crippen molar-refractivity contribution in [3.05, 3.63) is 59.0 Å². The van der Waals surface area contributed by atoms with Crippen LogP contribution in [0.5, 0.6) is 0 Å². The molecule has 0 amide bonds. The molecule has 0 bridgehead atoms. The molecule has 1 heterocycles. The van der Waals surface area contributed by atoms with E-state index in [9.17, 15) is 4.39 Å². The van der Waals surface area contributed by atoms with Crippen LogP contribution in [0.25, 0.3) is 0 Å². The molecule has 1 aromatic heterocycles. The zero-order chi connectivity index (χ0) is 13.7. The van der Waals surface area contributed by atoms with Crippen molar-refractivity contribution in [3.63, 3.8) is 0 Å². The lowest BCUT2D eigenvalue weighted by atomic mass is 10.1. The molecule has 0 fully saturated rings. The first kappa shape index (κ1) is 13.7. The Labute approximate surface area is 115 Å². The topological polar surface area (TPSA) is 51.0 Å². The van der Waals surface area contributed by atoms with Gasteiger partial charge in [-0.05, 0) is 11.6 Å². The van der Waals surface area contributed by atoms with Gasteiger partial charge in [0.25, 0.3) is 0 Å². The van der Waals surface area contributed by atoms with Crippen molar-refractivity contribution in [2.45, 2.75) is 13.0 Å². The first-order valence-corrected chi connectivity index (χ1v) is 6.14. The van der Waals surface area contributed by atoms with Crippen molar-refractivity contribution in [1.82, 2.24) is 15.5 Å². The summed E-state index contributed by atoms with van der Waals surface area (Å²) in [5.41, 5.74) is 0.443. The molecular formula is C13H13ClFN3O. The molecule has 1 aromatic carbocycles. The second kappa shape index (κ2) is 6.45. The van der Waals surface area contributed by atoms with Crippen LogP contribution in [0, 0.1) is 5.82 Å². The Hall–Kier alpha value is -1.72. The molecule has 2 rings (SSSR count). The first-order chi connectivity index (χ1) is 9.20. The van der Waals surface area contributed by atoms with E-state index in [2.05, 4.69) is 22.0 Å². The number of benzene rings is 1. The molecule has 2 aromatic rings. The van der Waals surface area contributed by atoms with Gasteiger partial charge in [-0.3, -0.25) is 0 Å². The van der Waals surface area contributed by atoms with E-state index in [4.69, 9.17) is 16.1 Å². The minimum atomic E-state index is -0.444. The van der Waals surface area contributed by atoms with Gasteiger partial charge in [-0.15, -0.1) is 6.58 Å². The van der Waals surface area contributed by atoms with Crippen molar-refractivity contribution < 1.29 is 8.91 Å². The summed E-state index contributed by atoms with van der Waals surface area (Å²) in [6.45, 7) is 4.70. The highest BCUT2D eigenvalue weighted by Crippen LogP contribution is 2.19. The molecule has 6 heteroatoms. The Kier molecular flexibility index (Phi) is 4.65. The average molecular weight is 282 g/mol. The van der Waals surface area contributed by atoms with Crippen LogP contribution < -0.4 is 5.32 Å². The number of nitrogens with zero attached hydrogens (tertiary/aromatic N) is 2. The third kappa shape index (κ3) is 3.62. The SMILES string of the molecule is C=CCNCc1nc(Cc2cccc(Cl)c2F)no1. The fourth-order valence-corrected chi connectivity index (χ4v) is 1.76. The highest BCUT2D eigenvalue weighted by atomic mass is 35.5. The maximum absolute atomic E-state index is 13.7. The van der Waals surface area contributed by atoms with Gasteiger partial charge >= 0.3 is 0 Å². The van der Waals surface area contributed by atoms with Crippen molar-refractivity contribution in [3.8, 4) is 0 Å². The van der Waals surface area contributed by atoms with E-state index >= 15 is 0 Å². The monoisotopic (exact) mass is 281 g/mol. The maximum atomic E-state index is 13.7. The van der Waals surface area contributed by atoms with Gasteiger partial charge in [0.2, 0.25) is 5.89 Å². The molecule has 0 atom stereocenters. The van der Waals surface area contributed by atoms with Crippen molar-refractivity contribution in [2.24, 2.45) is 0 Å². The molecule has 0 aliphatic rings. The minimum Gasteiger partial charge on any atom is -0.338 e. The average Bonchev–Trinajstić information content (AvgIpc) is 2.83. The van der Waals surface area contributed by atoms with Crippen molar-refractivity contribution in [1.29, 1.82) is 0 Å². The van der Waals surface area contributed by atoms with Gasteiger partial charge < -0.3 is 9.84 Å². The van der Waals surface area contributed by atoms with Crippen LogP contribution in [0.2, 0.25) is 5.02 Å². The van der Waals surface area contributed by atoms with Gasteiger partial charge in [0.05, 0.1) is 11.6 Å². The third-order valence-electron chi connectivity index (χ3n) is 2.46. The highest BCUT2D eigenvalue weighted by Gasteiger charge is 2.11. The fourth-order valence-electron chi connectivity index (χ4n) is 1.57. The van der Waals surface area contributed by atoms with Gasteiger partial charge in [-0.25, -0.2) is 4.39 Å². The van der Waals surface area contributed by atoms with Gasteiger partial charge in [0.15, 0.2) is 5.82 Å². The predicted molar refractivity (Wildman–Crippen MR) is 70.4 cm³/mol. The Morgan fingerprint density at radius 2 is 2.32 bits per heavy atom. The van der Waals surface area contributed by atoms with E-state index in [1.165, 1.54) is 6.07 Å². The van der Waals surface area contributed by atoms with Crippen LogP contribution in [0.3, 0.4) is 0 Å². The summed E-state index contributed by atoms with van der Waals surface area (Å²) in [7, 11) is 0. The lowest BCUT2D eigenvalue weighted by Crippen LogP contribution is -2.12. The number of halogens is 2. The fraction of sp³-hybridized carbons (Fsp3) is 0.231. The van der Waals surface area contributed by atoms with Crippen LogP contribution in [0.15, 0.2) is 35.4 Å². The summed E-state index contributed by atoms with van der Waals surface area (Å²) in [4.78, 5) is 4.16. The van der Waals surface area contributed by atoms with E-state index in [1.54, 1.807) is 18.2 Å². The molecule has 4 nitrogen and oxygen atoms in total. The number of rotatable bonds is 6. The third-order valence-corrected chi connectivity index (χ3v) is 2.75. The Morgan fingerprint density at radius 1 is 1.47 bits per heavy atom. The molecule has 100 valence electrons. The van der Waals surface area contributed by atoms with Crippen LogP contribution >= 0.6 is 11.6 Å².